The van der Waals surface area contributed by atoms with Gasteiger partial charge in [0.2, 0.25) is 23.3 Å². The molecule has 4 aromatic rings. The highest BCUT2D eigenvalue weighted by molar-refractivity contribution is 8.76. The molecule has 12 nitrogen and oxygen atoms in total. The highest BCUT2D eigenvalue weighted by Crippen LogP contribution is 2.52. The smallest absolute Gasteiger partial charge is 0.221 e. The van der Waals surface area contributed by atoms with E-state index < -0.39 is 12.1 Å². The molecule has 1 unspecified atom stereocenters. The number of methoxy groups -OCH3 is 6. The molecule has 2 aliphatic rings. The molecular formula is C46H52N2O10S4. The Balaban J connectivity index is 1.10. The van der Waals surface area contributed by atoms with E-state index in [0.29, 0.717) is 92.6 Å². The van der Waals surface area contributed by atoms with E-state index in [1.165, 1.54) is 45.1 Å². The predicted octanol–water partition coefficient (Wildman–Crippen LogP) is 8.31. The van der Waals surface area contributed by atoms with Crippen molar-refractivity contribution in [2.24, 2.45) is 0 Å². The lowest BCUT2D eigenvalue weighted by Gasteiger charge is -2.20. The van der Waals surface area contributed by atoms with Crippen molar-refractivity contribution < 1.29 is 38.0 Å². The molecule has 0 radical (unpaired) electrons. The first-order valence-electron chi connectivity index (χ1n) is 20.0. The fourth-order valence-electron chi connectivity index (χ4n) is 8.15. The van der Waals surface area contributed by atoms with E-state index in [1.807, 2.05) is 48.9 Å². The van der Waals surface area contributed by atoms with E-state index in [4.69, 9.17) is 28.4 Å². The summed E-state index contributed by atoms with van der Waals surface area (Å²) in [4.78, 5) is 54.9. The number of benzene rings is 2. The fourth-order valence-corrected chi connectivity index (χ4v) is 11.1. The second-order valence-corrected chi connectivity index (χ2v) is 18.8. The Labute approximate surface area is 378 Å². The van der Waals surface area contributed by atoms with Crippen molar-refractivity contribution in [1.82, 2.24) is 10.6 Å². The minimum Gasteiger partial charge on any atom is -0.493 e. The van der Waals surface area contributed by atoms with Crippen molar-refractivity contribution in [3.8, 4) is 56.8 Å². The summed E-state index contributed by atoms with van der Waals surface area (Å²) in [7, 11) is 12.5. The minimum atomic E-state index is -0.429. The number of ether oxygens (including phenoxy) is 6. The summed E-state index contributed by atoms with van der Waals surface area (Å²) in [5.41, 5.74) is 6.27. The van der Waals surface area contributed by atoms with Crippen LogP contribution < -0.4 is 49.9 Å². The zero-order valence-corrected chi connectivity index (χ0v) is 39.4. The molecule has 4 aromatic carbocycles. The van der Waals surface area contributed by atoms with E-state index >= 15 is 0 Å². The number of hydrogen-bond donors (Lipinski definition) is 2. The van der Waals surface area contributed by atoms with E-state index in [1.54, 1.807) is 54.8 Å². The molecule has 2 atom stereocenters. The van der Waals surface area contributed by atoms with Gasteiger partial charge in [-0.05, 0) is 108 Å². The van der Waals surface area contributed by atoms with E-state index in [-0.39, 0.29) is 35.5 Å². The number of aryl methyl sites for hydroxylation is 2. The summed E-state index contributed by atoms with van der Waals surface area (Å²) >= 11 is 2.74. The van der Waals surface area contributed by atoms with Crippen LogP contribution in [0, 0.1) is 0 Å². The summed E-state index contributed by atoms with van der Waals surface area (Å²) < 4.78 is 34.5. The van der Waals surface area contributed by atoms with Gasteiger partial charge in [-0.15, -0.1) is 23.5 Å². The minimum absolute atomic E-state index is 0.124. The van der Waals surface area contributed by atoms with Crippen LogP contribution in [0.1, 0.15) is 60.0 Å². The molecule has 0 heterocycles. The largest absolute Gasteiger partial charge is 0.493 e. The Morgan fingerprint density at radius 3 is 1.29 bits per heavy atom. The summed E-state index contributed by atoms with van der Waals surface area (Å²) in [6.07, 6.45) is 6.52. The van der Waals surface area contributed by atoms with Crippen LogP contribution in [0.2, 0.25) is 0 Å². The summed E-state index contributed by atoms with van der Waals surface area (Å²) in [6, 6.07) is 13.7. The SMILES string of the molecule is COc1cc2c(c(OC)c1OC)-c1ccc(SC)c(=O)cc1C(NC(=O)CCSSCCC(=O)N[C@H]1CCc3cc(OC)c(OC)c(OC)c3-c3ccc(SC)c(=O)cc31)CC2. The van der Waals surface area contributed by atoms with Crippen molar-refractivity contribution in [2.45, 2.75) is 60.4 Å². The molecule has 0 aliphatic heterocycles. The van der Waals surface area contributed by atoms with Gasteiger partial charge in [-0.2, -0.15) is 0 Å². The van der Waals surface area contributed by atoms with Gasteiger partial charge < -0.3 is 39.1 Å². The number of thioether (sulfide) groups is 2. The molecular weight excluding hydrogens is 869 g/mol. The predicted molar refractivity (Wildman–Crippen MR) is 252 cm³/mol. The van der Waals surface area contributed by atoms with Gasteiger partial charge in [-0.1, -0.05) is 33.7 Å². The average Bonchev–Trinajstić information content (AvgIpc) is 3.67. The Bertz CT molecular complexity index is 2280. The lowest BCUT2D eigenvalue weighted by atomic mass is 9.95. The molecule has 0 saturated heterocycles. The number of carbonyl (C=O) groups excluding carboxylic acids is 2. The summed E-state index contributed by atoms with van der Waals surface area (Å²) in [5, 5.41) is 6.42. The van der Waals surface area contributed by atoms with Crippen LogP contribution in [-0.4, -0.2) is 78.5 Å². The van der Waals surface area contributed by atoms with Gasteiger partial charge >= 0.3 is 0 Å². The lowest BCUT2D eigenvalue weighted by Crippen LogP contribution is -2.29. The first-order chi connectivity index (χ1) is 30.0. The number of fused-ring (bicyclic) bond motifs is 6. The first-order valence-corrected chi connectivity index (χ1v) is 24.9. The van der Waals surface area contributed by atoms with Crippen molar-refractivity contribution >= 4 is 56.9 Å². The molecule has 2 aliphatic carbocycles. The van der Waals surface area contributed by atoms with Gasteiger partial charge in [0.15, 0.2) is 33.9 Å². The van der Waals surface area contributed by atoms with Gasteiger partial charge in [0.25, 0.3) is 0 Å². The molecule has 0 aromatic heterocycles. The molecule has 16 heteroatoms. The first kappa shape index (κ1) is 46.9. The van der Waals surface area contributed by atoms with Gasteiger partial charge in [0.05, 0.1) is 64.5 Å². The van der Waals surface area contributed by atoms with Crippen LogP contribution in [0.15, 0.2) is 67.9 Å². The zero-order valence-electron chi connectivity index (χ0n) is 36.1. The van der Waals surface area contributed by atoms with E-state index in [2.05, 4.69) is 10.6 Å². The standard InChI is InChI=1S/C46H52N2O10S4/c1-53-35-21-25-9-13-31(29-23-33(49)37(59-7)15-11-27(29)41(25)45(57-5)43(35)55-3)47-39(51)17-19-61-62-20-18-40(52)48-32-14-10-26-22-36(54-2)44(56-4)46(58-6)42(26)28-12-16-38(60-8)34(50)24-30(28)32/h11-12,15-16,21-24,31-32H,9-10,13-14,17-20H2,1-8H3,(H,47,51)(H,48,52)/t31-,32?/m0/s1. The monoisotopic (exact) mass is 920 g/mol. The highest BCUT2D eigenvalue weighted by Gasteiger charge is 2.32. The third-order valence-electron chi connectivity index (χ3n) is 11.0. The second-order valence-electron chi connectivity index (χ2n) is 14.4. The maximum Gasteiger partial charge on any atom is 0.221 e. The second kappa shape index (κ2) is 21.6. The third kappa shape index (κ3) is 9.93. The van der Waals surface area contributed by atoms with Crippen LogP contribution in [0.3, 0.4) is 0 Å². The number of amides is 2. The number of rotatable bonds is 17. The topological polar surface area (TPSA) is 148 Å². The maximum absolute atomic E-state index is 13.5. The van der Waals surface area contributed by atoms with E-state index in [0.717, 1.165) is 33.4 Å². The number of carbonyl (C=O) groups is 2. The van der Waals surface area contributed by atoms with Gasteiger partial charge in [0, 0.05) is 35.5 Å². The van der Waals surface area contributed by atoms with Crippen LogP contribution in [0.5, 0.6) is 34.5 Å². The highest BCUT2D eigenvalue weighted by atomic mass is 33.1. The number of nitrogens with one attached hydrogen (secondary N) is 2. The Morgan fingerprint density at radius 1 is 0.565 bits per heavy atom. The van der Waals surface area contributed by atoms with Gasteiger partial charge in [-0.25, -0.2) is 0 Å². The molecule has 0 saturated carbocycles. The van der Waals surface area contributed by atoms with Gasteiger partial charge in [-0.3, -0.25) is 19.2 Å². The van der Waals surface area contributed by atoms with Crippen molar-refractivity contribution in [3.05, 3.63) is 91.2 Å². The quantitative estimate of drug-likeness (QED) is 0.0595. The summed E-state index contributed by atoms with van der Waals surface area (Å²) in [5.74, 6) is 3.76. The van der Waals surface area contributed by atoms with Crippen molar-refractivity contribution in [2.75, 3.05) is 66.7 Å². The molecule has 330 valence electrons. The summed E-state index contributed by atoms with van der Waals surface area (Å²) in [6.45, 7) is 0. The Hall–Kier alpha value is -4.64. The van der Waals surface area contributed by atoms with Gasteiger partial charge in [0.1, 0.15) is 0 Å². The molecule has 62 heavy (non-hydrogen) atoms. The third-order valence-corrected chi connectivity index (χ3v) is 15.0. The van der Waals surface area contributed by atoms with Crippen molar-refractivity contribution in [3.63, 3.8) is 0 Å². The zero-order chi connectivity index (χ0) is 44.5. The van der Waals surface area contributed by atoms with Crippen LogP contribution >= 0.6 is 45.1 Å². The van der Waals surface area contributed by atoms with E-state index in [9.17, 15) is 19.2 Å². The average molecular weight is 921 g/mol. The normalized spacial score (nSPS) is 15.0. The van der Waals surface area contributed by atoms with Crippen LogP contribution in [0.4, 0.5) is 0 Å². The Morgan fingerprint density at radius 2 is 0.952 bits per heavy atom. The molecule has 6 rings (SSSR count). The molecule has 2 N–H and O–H groups in total. The lowest BCUT2D eigenvalue weighted by molar-refractivity contribution is -0.122. The number of hydrogen-bond acceptors (Lipinski definition) is 14. The molecule has 0 fully saturated rings. The van der Waals surface area contributed by atoms with Crippen molar-refractivity contribution in [1.29, 1.82) is 0 Å². The molecule has 0 spiro atoms. The molecule has 0 bridgehead atoms. The van der Waals surface area contributed by atoms with Crippen LogP contribution in [-0.2, 0) is 22.4 Å². The fraction of sp³-hybridized carbons (Fsp3) is 0.391. The maximum atomic E-state index is 13.5. The Kier molecular flexibility index (Phi) is 16.3. The van der Waals surface area contributed by atoms with Crippen LogP contribution in [0.25, 0.3) is 22.3 Å². The molecule has 2 amide bonds.